The highest BCUT2D eigenvalue weighted by Crippen LogP contribution is 2.12. The molecule has 0 aliphatic carbocycles. The lowest BCUT2D eigenvalue weighted by molar-refractivity contribution is 0.575. The van der Waals surface area contributed by atoms with E-state index in [0.717, 1.165) is 17.8 Å². The predicted octanol–water partition coefficient (Wildman–Crippen LogP) is 3.28. The Morgan fingerprint density at radius 3 is 2.53 bits per heavy atom. The van der Waals surface area contributed by atoms with E-state index in [0.29, 0.717) is 6.54 Å². The van der Waals surface area contributed by atoms with Crippen molar-refractivity contribution >= 4 is 5.82 Å². The number of nitrogens with one attached hydrogen (secondary N) is 1. The van der Waals surface area contributed by atoms with E-state index < -0.39 is 11.6 Å². The number of rotatable bonds is 3. The van der Waals surface area contributed by atoms with Gasteiger partial charge in [-0.15, -0.1) is 0 Å². The zero-order chi connectivity index (χ0) is 12.3. The smallest absolute Gasteiger partial charge is 0.168 e. The molecule has 2 rings (SSSR count). The minimum Gasteiger partial charge on any atom is -0.364 e. The molecule has 0 amide bonds. The molecule has 0 saturated heterocycles. The van der Waals surface area contributed by atoms with E-state index in [1.807, 2.05) is 31.2 Å². The summed E-state index contributed by atoms with van der Waals surface area (Å²) in [4.78, 5) is 3.65. The number of benzene rings is 1. The molecule has 0 unspecified atom stereocenters. The second-order valence-corrected chi connectivity index (χ2v) is 3.82. The highest BCUT2D eigenvalue weighted by molar-refractivity contribution is 5.37. The number of halogens is 2. The van der Waals surface area contributed by atoms with Gasteiger partial charge in [-0.2, -0.15) is 0 Å². The number of hydrogen-bond donors (Lipinski definition) is 1. The Bertz CT molecular complexity index is 509. The lowest BCUT2D eigenvalue weighted by atomic mass is 10.1. The van der Waals surface area contributed by atoms with Crippen LogP contribution in [0.3, 0.4) is 0 Å². The van der Waals surface area contributed by atoms with Gasteiger partial charge in [-0.3, -0.25) is 0 Å². The molecule has 0 radical (unpaired) electrons. The first-order valence-corrected chi connectivity index (χ1v) is 5.25. The van der Waals surface area contributed by atoms with Crippen LogP contribution in [0.15, 0.2) is 36.5 Å². The molecule has 0 fully saturated rings. The van der Waals surface area contributed by atoms with Gasteiger partial charge in [0, 0.05) is 12.6 Å². The van der Waals surface area contributed by atoms with Crippen molar-refractivity contribution in [1.29, 1.82) is 0 Å². The molecule has 0 aliphatic rings. The van der Waals surface area contributed by atoms with Crippen molar-refractivity contribution in [1.82, 2.24) is 4.98 Å². The topological polar surface area (TPSA) is 24.9 Å². The fraction of sp³-hybridized carbons (Fsp3) is 0.154. The first-order chi connectivity index (χ1) is 8.15. The Hall–Kier alpha value is -1.97. The normalized spacial score (nSPS) is 10.3. The van der Waals surface area contributed by atoms with Crippen LogP contribution in [0.1, 0.15) is 11.1 Å². The van der Waals surface area contributed by atoms with E-state index in [-0.39, 0.29) is 5.82 Å². The minimum atomic E-state index is -0.683. The fourth-order valence-corrected chi connectivity index (χ4v) is 1.44. The molecule has 0 bridgehead atoms. The van der Waals surface area contributed by atoms with Gasteiger partial charge in [0.2, 0.25) is 0 Å². The quantitative estimate of drug-likeness (QED) is 0.881. The van der Waals surface area contributed by atoms with Crippen LogP contribution >= 0.6 is 0 Å². The van der Waals surface area contributed by atoms with Gasteiger partial charge < -0.3 is 5.32 Å². The van der Waals surface area contributed by atoms with Crippen molar-refractivity contribution in [2.75, 3.05) is 5.32 Å². The molecule has 1 N–H and O–H groups in total. The van der Waals surface area contributed by atoms with Crippen LogP contribution in [-0.4, -0.2) is 4.98 Å². The standard InChI is InChI=1S/C13H12F2N2/c1-9-2-4-10(5-3-9)7-16-13-12(15)6-11(14)8-17-13/h2-6,8H,7H2,1H3,(H,16,17). The molecule has 2 aromatic rings. The summed E-state index contributed by atoms with van der Waals surface area (Å²) in [7, 11) is 0. The van der Waals surface area contributed by atoms with Gasteiger partial charge in [-0.05, 0) is 12.5 Å². The zero-order valence-corrected chi connectivity index (χ0v) is 9.37. The lowest BCUT2D eigenvalue weighted by Gasteiger charge is -2.06. The molecule has 1 heterocycles. The van der Waals surface area contributed by atoms with E-state index in [1.165, 1.54) is 5.56 Å². The van der Waals surface area contributed by atoms with Gasteiger partial charge >= 0.3 is 0 Å². The highest BCUT2D eigenvalue weighted by Gasteiger charge is 2.04. The monoisotopic (exact) mass is 234 g/mol. The van der Waals surface area contributed by atoms with Crippen LogP contribution in [0, 0.1) is 18.6 Å². The van der Waals surface area contributed by atoms with E-state index in [9.17, 15) is 8.78 Å². The number of aromatic nitrogens is 1. The summed E-state index contributed by atoms with van der Waals surface area (Å²) in [5, 5.41) is 2.82. The van der Waals surface area contributed by atoms with Crippen molar-refractivity contribution in [3.63, 3.8) is 0 Å². The summed E-state index contributed by atoms with van der Waals surface area (Å²) >= 11 is 0. The van der Waals surface area contributed by atoms with Crippen LogP contribution in [-0.2, 0) is 6.54 Å². The Morgan fingerprint density at radius 1 is 1.18 bits per heavy atom. The van der Waals surface area contributed by atoms with E-state index in [1.54, 1.807) is 0 Å². The molecule has 1 aromatic carbocycles. The summed E-state index contributed by atoms with van der Waals surface area (Å²) in [6, 6.07) is 8.66. The number of hydrogen-bond acceptors (Lipinski definition) is 2. The number of nitrogens with zero attached hydrogens (tertiary/aromatic N) is 1. The van der Waals surface area contributed by atoms with Gasteiger partial charge in [0.25, 0.3) is 0 Å². The second kappa shape index (κ2) is 4.91. The first kappa shape index (κ1) is 11.5. The molecule has 2 nitrogen and oxygen atoms in total. The van der Waals surface area contributed by atoms with Crippen LogP contribution in [0.4, 0.5) is 14.6 Å². The van der Waals surface area contributed by atoms with Gasteiger partial charge in [0.05, 0.1) is 6.20 Å². The summed E-state index contributed by atoms with van der Waals surface area (Å²) in [5.41, 5.74) is 2.18. The molecule has 0 saturated carbocycles. The largest absolute Gasteiger partial charge is 0.364 e. The molecule has 88 valence electrons. The summed E-state index contributed by atoms with van der Waals surface area (Å²) < 4.78 is 25.9. The van der Waals surface area contributed by atoms with Crippen LogP contribution in [0.2, 0.25) is 0 Å². The number of anilines is 1. The third kappa shape index (κ3) is 3.00. The molecule has 17 heavy (non-hydrogen) atoms. The number of aryl methyl sites for hydroxylation is 1. The molecular formula is C13H12F2N2. The van der Waals surface area contributed by atoms with Gasteiger partial charge in [-0.25, -0.2) is 13.8 Å². The number of pyridine rings is 1. The predicted molar refractivity (Wildman–Crippen MR) is 62.7 cm³/mol. The third-order valence-corrected chi connectivity index (χ3v) is 2.39. The van der Waals surface area contributed by atoms with Gasteiger partial charge in [0.1, 0.15) is 5.82 Å². The van der Waals surface area contributed by atoms with Gasteiger partial charge in [0.15, 0.2) is 11.6 Å². The summed E-state index contributed by atoms with van der Waals surface area (Å²) in [5.74, 6) is -1.30. The van der Waals surface area contributed by atoms with Crippen LogP contribution in [0.25, 0.3) is 0 Å². The maximum absolute atomic E-state index is 13.3. The van der Waals surface area contributed by atoms with Crippen LogP contribution in [0.5, 0.6) is 0 Å². The van der Waals surface area contributed by atoms with Crippen molar-refractivity contribution in [3.8, 4) is 0 Å². The SMILES string of the molecule is Cc1ccc(CNc2ncc(F)cc2F)cc1. The van der Waals surface area contributed by atoms with Gasteiger partial charge in [-0.1, -0.05) is 29.8 Å². The first-order valence-electron chi connectivity index (χ1n) is 5.25. The molecule has 1 aromatic heterocycles. The third-order valence-electron chi connectivity index (χ3n) is 2.39. The zero-order valence-electron chi connectivity index (χ0n) is 9.37. The highest BCUT2D eigenvalue weighted by atomic mass is 19.1. The summed E-state index contributed by atoms with van der Waals surface area (Å²) in [6.07, 6.45) is 0.987. The maximum Gasteiger partial charge on any atom is 0.168 e. The molecule has 0 spiro atoms. The Balaban J connectivity index is 2.04. The molecule has 0 aliphatic heterocycles. The molecule has 4 heteroatoms. The van der Waals surface area contributed by atoms with Crippen molar-refractivity contribution in [3.05, 3.63) is 59.3 Å². The average molecular weight is 234 g/mol. The molecule has 0 atom stereocenters. The Labute approximate surface area is 98.3 Å². The van der Waals surface area contributed by atoms with Crippen molar-refractivity contribution in [2.24, 2.45) is 0 Å². The van der Waals surface area contributed by atoms with Crippen molar-refractivity contribution in [2.45, 2.75) is 13.5 Å². The van der Waals surface area contributed by atoms with E-state index >= 15 is 0 Å². The van der Waals surface area contributed by atoms with Crippen LogP contribution < -0.4 is 5.32 Å². The van der Waals surface area contributed by atoms with Crippen molar-refractivity contribution < 1.29 is 8.78 Å². The van der Waals surface area contributed by atoms with E-state index in [4.69, 9.17) is 0 Å². The van der Waals surface area contributed by atoms with E-state index in [2.05, 4.69) is 10.3 Å². The minimum absolute atomic E-state index is 0.0620. The average Bonchev–Trinajstić information content (AvgIpc) is 2.30. The summed E-state index contributed by atoms with van der Waals surface area (Å²) in [6.45, 7) is 2.45. The molecular weight excluding hydrogens is 222 g/mol. The maximum atomic E-state index is 13.3. The fourth-order valence-electron chi connectivity index (χ4n) is 1.44. The Kier molecular flexibility index (Phi) is 3.32. The second-order valence-electron chi connectivity index (χ2n) is 3.82. The lowest BCUT2D eigenvalue weighted by Crippen LogP contribution is -2.03. The Morgan fingerprint density at radius 2 is 1.88 bits per heavy atom.